The van der Waals surface area contributed by atoms with Crippen LogP contribution in [0.2, 0.25) is 0 Å². The Balaban J connectivity index is 1.72. The molecule has 1 heterocycles. The van der Waals surface area contributed by atoms with Crippen LogP contribution in [0.3, 0.4) is 0 Å². The molecular weight excluding hydrogens is 486 g/mol. The van der Waals surface area contributed by atoms with Gasteiger partial charge in [-0.25, -0.2) is 4.79 Å². The Morgan fingerprint density at radius 2 is 1.56 bits per heavy atom. The van der Waals surface area contributed by atoms with Crippen molar-refractivity contribution in [3.8, 4) is 5.75 Å². The summed E-state index contributed by atoms with van der Waals surface area (Å²) in [6.07, 6.45) is -0.365. The maximum Gasteiger partial charge on any atom is 0.414 e. The third kappa shape index (κ3) is 4.09. The van der Waals surface area contributed by atoms with Crippen LogP contribution < -0.4 is 9.64 Å². The number of carbonyl (C=O) groups excluding carboxylic acids is 2. The molecule has 0 fully saturated rings. The van der Waals surface area contributed by atoms with Crippen LogP contribution in [0.5, 0.6) is 5.75 Å². The maximum atomic E-state index is 13.6. The molecule has 4 aromatic rings. The molecule has 0 unspecified atom stereocenters. The minimum absolute atomic E-state index is 0.00425. The lowest BCUT2D eigenvalue weighted by atomic mass is 9.73. The van der Waals surface area contributed by atoms with Gasteiger partial charge in [0.2, 0.25) is 0 Å². The smallest absolute Gasteiger partial charge is 0.414 e. The van der Waals surface area contributed by atoms with Crippen LogP contribution in [-0.2, 0) is 4.74 Å². The lowest BCUT2D eigenvalue weighted by Crippen LogP contribution is -2.42. The molecular formula is C34H31NO4. The zero-order chi connectivity index (χ0) is 27.5. The summed E-state index contributed by atoms with van der Waals surface area (Å²) >= 11 is 0. The first kappa shape index (κ1) is 24.9. The third-order valence-corrected chi connectivity index (χ3v) is 7.48. The number of benzene rings is 4. The average Bonchev–Trinajstić information content (AvgIpc) is 2.92. The van der Waals surface area contributed by atoms with E-state index in [-0.39, 0.29) is 17.8 Å². The fraction of sp³-hybridized carbons (Fsp3) is 0.235. The molecule has 5 heteroatoms. The molecule has 0 radical (unpaired) electrons. The number of nitrogens with zero attached hydrogens (tertiary/aromatic N) is 1. The van der Waals surface area contributed by atoms with Gasteiger partial charge in [-0.3, -0.25) is 9.69 Å². The fourth-order valence-corrected chi connectivity index (χ4v) is 5.87. The van der Waals surface area contributed by atoms with Gasteiger partial charge in [0.05, 0.1) is 12.8 Å². The predicted molar refractivity (Wildman–Crippen MR) is 155 cm³/mol. The van der Waals surface area contributed by atoms with E-state index in [9.17, 15) is 9.59 Å². The van der Waals surface area contributed by atoms with Crippen LogP contribution in [0, 0.1) is 5.92 Å². The number of hydrogen-bond acceptors (Lipinski definition) is 4. The Morgan fingerprint density at radius 3 is 2.31 bits per heavy atom. The Hall–Kier alpha value is -4.38. The van der Waals surface area contributed by atoms with Crippen molar-refractivity contribution in [1.29, 1.82) is 0 Å². The summed E-state index contributed by atoms with van der Waals surface area (Å²) in [6.45, 7) is 8.24. The molecule has 1 atom stereocenters. The first-order valence-electron chi connectivity index (χ1n) is 13.3. The molecule has 4 aromatic carbocycles. The minimum Gasteiger partial charge on any atom is -0.497 e. The monoisotopic (exact) mass is 517 g/mol. The number of anilines is 1. The molecule has 1 aliphatic carbocycles. The van der Waals surface area contributed by atoms with E-state index in [0.29, 0.717) is 23.4 Å². The number of methoxy groups -OCH3 is 1. The molecule has 0 aromatic heterocycles. The first-order valence-corrected chi connectivity index (χ1v) is 13.3. The number of rotatable bonds is 1. The highest BCUT2D eigenvalue weighted by atomic mass is 16.6. The summed E-state index contributed by atoms with van der Waals surface area (Å²) in [5.41, 5.74) is 6.38. The molecule has 6 rings (SSSR count). The first-order chi connectivity index (χ1) is 18.7. The Labute approximate surface area is 228 Å². The normalized spacial score (nSPS) is 18.3. The second kappa shape index (κ2) is 9.12. The number of carbonyl (C=O) groups is 2. The van der Waals surface area contributed by atoms with Crippen molar-refractivity contribution in [2.24, 2.45) is 5.92 Å². The van der Waals surface area contributed by atoms with Gasteiger partial charge in [0, 0.05) is 29.2 Å². The van der Waals surface area contributed by atoms with Crippen LogP contribution in [0.25, 0.3) is 21.9 Å². The van der Waals surface area contributed by atoms with Crippen LogP contribution in [0.1, 0.15) is 60.3 Å². The number of fused-ring (bicyclic) bond motifs is 5. The van der Waals surface area contributed by atoms with Gasteiger partial charge in [-0.1, -0.05) is 61.5 Å². The van der Waals surface area contributed by atoms with Crippen molar-refractivity contribution < 1.29 is 19.1 Å². The van der Waals surface area contributed by atoms with E-state index in [1.54, 1.807) is 12.0 Å². The van der Waals surface area contributed by atoms with Gasteiger partial charge >= 0.3 is 6.09 Å². The molecule has 5 nitrogen and oxygen atoms in total. The summed E-state index contributed by atoms with van der Waals surface area (Å²) in [7, 11) is 1.64. The van der Waals surface area contributed by atoms with Crippen LogP contribution in [-0.4, -0.2) is 31.1 Å². The number of ketones is 1. The van der Waals surface area contributed by atoms with Gasteiger partial charge in [-0.15, -0.1) is 0 Å². The Kier molecular flexibility index (Phi) is 5.83. The van der Waals surface area contributed by atoms with E-state index >= 15 is 0 Å². The lowest BCUT2D eigenvalue weighted by molar-refractivity contribution is 0.0576. The van der Waals surface area contributed by atoms with Crippen LogP contribution >= 0.6 is 0 Å². The molecule has 0 saturated heterocycles. The van der Waals surface area contributed by atoms with E-state index in [0.717, 1.165) is 44.3 Å². The number of hydrogen-bond donors (Lipinski definition) is 0. The molecule has 0 N–H and O–H groups in total. The summed E-state index contributed by atoms with van der Waals surface area (Å²) in [5, 5.41) is 2.13. The largest absolute Gasteiger partial charge is 0.497 e. The minimum atomic E-state index is -0.617. The van der Waals surface area contributed by atoms with Gasteiger partial charge in [0.15, 0.2) is 5.78 Å². The zero-order valence-electron chi connectivity index (χ0n) is 22.9. The lowest BCUT2D eigenvalue weighted by Gasteiger charge is -2.38. The standard InChI is InChI=1S/C34H31NO4/c1-20-19-35(33(37)39-34(2,3)4)28-17-14-21-10-6-7-11-23(21)31(28)29(20)30-24-12-8-9-13-25(24)32(36)26-16-15-22(38-5)18-27(26)30/h6-18,20H,19H2,1-5H3/b30-29+/t20-/m1/s1. The highest BCUT2D eigenvalue weighted by molar-refractivity contribution is 6.23. The van der Waals surface area contributed by atoms with Crippen LogP contribution in [0.4, 0.5) is 10.5 Å². The van der Waals surface area contributed by atoms with Gasteiger partial charge in [0.1, 0.15) is 11.4 Å². The number of ether oxygens (including phenoxy) is 2. The highest BCUT2D eigenvalue weighted by Crippen LogP contribution is 2.50. The molecule has 0 spiro atoms. The zero-order valence-corrected chi connectivity index (χ0v) is 22.9. The Morgan fingerprint density at radius 1 is 0.872 bits per heavy atom. The van der Waals surface area contributed by atoms with Crippen molar-refractivity contribution in [3.05, 3.63) is 107 Å². The van der Waals surface area contributed by atoms with Gasteiger partial charge in [0.25, 0.3) is 0 Å². The van der Waals surface area contributed by atoms with Gasteiger partial charge in [-0.05, 0) is 78.1 Å². The van der Waals surface area contributed by atoms with E-state index < -0.39 is 5.60 Å². The van der Waals surface area contributed by atoms with Crippen LogP contribution in [0.15, 0.2) is 78.9 Å². The SMILES string of the molecule is COc1ccc2c(c1)/C(=C1/c3c(ccc4ccccc34)N(C(=O)OC(C)(C)C)C[C@H]1C)c1ccccc1C2=O. The quantitative estimate of drug-likeness (QED) is 0.228. The summed E-state index contributed by atoms with van der Waals surface area (Å²) in [6, 6.07) is 25.8. The maximum absolute atomic E-state index is 13.6. The van der Waals surface area contributed by atoms with Crippen molar-refractivity contribution >= 4 is 39.5 Å². The molecule has 2 aliphatic rings. The second-order valence-corrected chi connectivity index (χ2v) is 11.2. The van der Waals surface area contributed by atoms with E-state index in [1.165, 1.54) is 0 Å². The molecule has 196 valence electrons. The topological polar surface area (TPSA) is 55.8 Å². The molecule has 1 amide bonds. The molecule has 0 bridgehead atoms. The van der Waals surface area contributed by atoms with E-state index in [1.807, 2.05) is 81.4 Å². The van der Waals surface area contributed by atoms with Crippen molar-refractivity contribution in [2.45, 2.75) is 33.3 Å². The van der Waals surface area contributed by atoms with Gasteiger partial charge in [-0.2, -0.15) is 0 Å². The summed E-state index contributed by atoms with van der Waals surface area (Å²) in [5.74, 6) is 0.645. The molecule has 0 saturated carbocycles. The van der Waals surface area contributed by atoms with E-state index in [4.69, 9.17) is 9.47 Å². The molecule has 39 heavy (non-hydrogen) atoms. The van der Waals surface area contributed by atoms with E-state index in [2.05, 4.69) is 25.1 Å². The van der Waals surface area contributed by atoms with Crippen molar-refractivity contribution in [1.82, 2.24) is 0 Å². The fourth-order valence-electron chi connectivity index (χ4n) is 5.87. The van der Waals surface area contributed by atoms with Crippen molar-refractivity contribution in [3.63, 3.8) is 0 Å². The summed E-state index contributed by atoms with van der Waals surface area (Å²) in [4.78, 5) is 28.9. The summed E-state index contributed by atoms with van der Waals surface area (Å²) < 4.78 is 11.4. The second-order valence-electron chi connectivity index (χ2n) is 11.2. The number of amides is 1. The van der Waals surface area contributed by atoms with Gasteiger partial charge < -0.3 is 9.47 Å². The predicted octanol–water partition coefficient (Wildman–Crippen LogP) is 7.74. The average molecular weight is 518 g/mol. The van der Waals surface area contributed by atoms with Crippen molar-refractivity contribution in [2.75, 3.05) is 18.6 Å². The molecule has 1 aliphatic heterocycles. The highest BCUT2D eigenvalue weighted by Gasteiger charge is 2.38. The Bertz CT molecular complexity index is 1690. The third-order valence-electron chi connectivity index (χ3n) is 7.48.